The van der Waals surface area contributed by atoms with Crippen LogP contribution in [0.5, 0.6) is 0 Å². The first-order chi connectivity index (χ1) is 9.23. The molecule has 3 N–H and O–H groups in total. The van der Waals surface area contributed by atoms with Crippen molar-refractivity contribution in [3.8, 4) is 0 Å². The quantitative estimate of drug-likeness (QED) is 0.786. The van der Waals surface area contributed by atoms with E-state index in [1.165, 1.54) is 0 Å². The van der Waals surface area contributed by atoms with E-state index >= 15 is 0 Å². The molecule has 0 radical (unpaired) electrons. The monoisotopic (exact) mass is 298 g/mol. The normalized spacial score (nSPS) is 12.9. The van der Waals surface area contributed by atoms with Crippen LogP contribution >= 0.6 is 0 Å². The van der Waals surface area contributed by atoms with Gasteiger partial charge in [0.15, 0.2) is 9.84 Å². The fourth-order valence-corrected chi connectivity index (χ4v) is 3.48. The third-order valence-electron chi connectivity index (χ3n) is 3.07. The van der Waals surface area contributed by atoms with E-state index in [0.29, 0.717) is 11.4 Å². The van der Waals surface area contributed by atoms with Crippen LogP contribution in [0.2, 0.25) is 0 Å². The number of hydrogen-bond acceptors (Lipinski definition) is 4. The summed E-state index contributed by atoms with van der Waals surface area (Å²) < 4.78 is 23.7. The average Bonchev–Trinajstić information content (AvgIpc) is 2.31. The Morgan fingerprint density at radius 3 is 2.60 bits per heavy atom. The summed E-state index contributed by atoms with van der Waals surface area (Å²) in [4.78, 5) is 11.8. The van der Waals surface area contributed by atoms with E-state index in [2.05, 4.69) is 5.32 Å². The molecule has 0 bridgehead atoms. The van der Waals surface area contributed by atoms with Crippen molar-refractivity contribution in [2.24, 2.45) is 5.92 Å². The van der Waals surface area contributed by atoms with E-state index in [1.54, 1.807) is 18.2 Å². The van der Waals surface area contributed by atoms with Gasteiger partial charge in [-0.1, -0.05) is 26.3 Å². The smallest absolute Gasteiger partial charge is 0.239 e. The number of carbonyl (C=O) groups excluding carboxylic acids is 1. The lowest BCUT2D eigenvalue weighted by Gasteiger charge is -2.11. The van der Waals surface area contributed by atoms with Crippen molar-refractivity contribution in [3.63, 3.8) is 0 Å². The number of benzene rings is 1. The molecular weight excluding hydrogens is 276 g/mol. The molecule has 20 heavy (non-hydrogen) atoms. The predicted molar refractivity (Wildman–Crippen MR) is 82.3 cm³/mol. The van der Waals surface area contributed by atoms with E-state index in [1.807, 2.05) is 20.8 Å². The molecule has 1 aromatic carbocycles. The number of rotatable bonds is 6. The zero-order valence-corrected chi connectivity index (χ0v) is 13.0. The third-order valence-corrected chi connectivity index (χ3v) is 4.85. The molecule has 1 rings (SSSR count). The van der Waals surface area contributed by atoms with Crippen LogP contribution in [-0.2, 0) is 14.6 Å². The van der Waals surface area contributed by atoms with Crippen molar-refractivity contribution in [2.45, 2.75) is 27.2 Å². The number of nitrogens with two attached hydrogens (primary N) is 1. The fraction of sp³-hybridized carbons (Fsp3) is 0.500. The third kappa shape index (κ3) is 5.21. The number of sulfone groups is 1. The highest BCUT2D eigenvalue weighted by Crippen LogP contribution is 2.19. The minimum Gasteiger partial charge on any atom is -0.397 e. The number of nitrogens with one attached hydrogen (secondary N) is 1. The van der Waals surface area contributed by atoms with Gasteiger partial charge in [0.05, 0.1) is 17.1 Å². The molecule has 1 amide bonds. The SMILES string of the molecule is CCC(C)CS(=O)(=O)CC(=O)Nc1ccc(C)cc1N. The summed E-state index contributed by atoms with van der Waals surface area (Å²) in [6.07, 6.45) is 0.770. The molecule has 6 heteroatoms. The van der Waals surface area contributed by atoms with Crippen LogP contribution < -0.4 is 11.1 Å². The fourth-order valence-electron chi connectivity index (χ4n) is 1.79. The first kappa shape index (κ1) is 16.5. The highest BCUT2D eigenvalue weighted by molar-refractivity contribution is 7.92. The molecule has 0 heterocycles. The van der Waals surface area contributed by atoms with Gasteiger partial charge in [0.2, 0.25) is 5.91 Å². The van der Waals surface area contributed by atoms with Gasteiger partial charge in [0.1, 0.15) is 5.75 Å². The second kappa shape index (κ2) is 6.74. The Balaban J connectivity index is 2.68. The number of aryl methyl sites for hydroxylation is 1. The molecule has 1 unspecified atom stereocenters. The average molecular weight is 298 g/mol. The Kier molecular flexibility index (Phi) is 5.56. The van der Waals surface area contributed by atoms with Crippen LogP contribution in [-0.4, -0.2) is 25.8 Å². The maximum absolute atomic E-state index is 11.8. The summed E-state index contributed by atoms with van der Waals surface area (Å²) in [5.41, 5.74) is 7.62. The molecule has 0 saturated heterocycles. The minimum absolute atomic E-state index is 0.0281. The largest absolute Gasteiger partial charge is 0.397 e. The number of carbonyl (C=O) groups is 1. The van der Waals surface area contributed by atoms with Crippen molar-refractivity contribution in [1.29, 1.82) is 0 Å². The van der Waals surface area contributed by atoms with Crippen LogP contribution in [0.4, 0.5) is 11.4 Å². The Bertz CT molecular complexity index is 582. The van der Waals surface area contributed by atoms with Crippen LogP contribution in [0.25, 0.3) is 0 Å². The second-order valence-electron chi connectivity index (χ2n) is 5.21. The van der Waals surface area contributed by atoms with Gasteiger partial charge in [-0.25, -0.2) is 8.42 Å². The van der Waals surface area contributed by atoms with Crippen molar-refractivity contribution in [3.05, 3.63) is 23.8 Å². The highest BCUT2D eigenvalue weighted by atomic mass is 32.2. The summed E-state index contributed by atoms with van der Waals surface area (Å²) in [6, 6.07) is 5.20. The molecule has 112 valence electrons. The van der Waals surface area contributed by atoms with Gasteiger partial charge in [-0.3, -0.25) is 4.79 Å². The van der Waals surface area contributed by atoms with Crippen molar-refractivity contribution < 1.29 is 13.2 Å². The molecule has 0 spiro atoms. The lowest BCUT2D eigenvalue weighted by molar-refractivity contribution is -0.113. The molecule has 0 aromatic heterocycles. The highest BCUT2D eigenvalue weighted by Gasteiger charge is 2.19. The molecule has 0 fully saturated rings. The van der Waals surface area contributed by atoms with Crippen molar-refractivity contribution in [2.75, 3.05) is 22.6 Å². The van der Waals surface area contributed by atoms with E-state index in [9.17, 15) is 13.2 Å². The molecule has 0 aliphatic rings. The zero-order valence-electron chi connectivity index (χ0n) is 12.1. The van der Waals surface area contributed by atoms with E-state index < -0.39 is 21.5 Å². The maximum atomic E-state index is 11.8. The Labute approximate surface area is 120 Å². The summed E-state index contributed by atoms with van der Waals surface area (Å²) >= 11 is 0. The Morgan fingerprint density at radius 2 is 2.05 bits per heavy atom. The van der Waals surface area contributed by atoms with Crippen LogP contribution in [0.3, 0.4) is 0 Å². The summed E-state index contributed by atoms with van der Waals surface area (Å²) in [6.45, 7) is 5.67. The molecule has 0 aliphatic heterocycles. The lowest BCUT2D eigenvalue weighted by atomic mass is 10.2. The van der Waals surface area contributed by atoms with Gasteiger partial charge in [0.25, 0.3) is 0 Å². The molecule has 1 atom stereocenters. The van der Waals surface area contributed by atoms with Gasteiger partial charge in [-0.15, -0.1) is 0 Å². The van der Waals surface area contributed by atoms with Crippen molar-refractivity contribution >= 4 is 27.1 Å². The Morgan fingerprint density at radius 1 is 1.40 bits per heavy atom. The minimum atomic E-state index is -3.39. The number of amides is 1. The maximum Gasteiger partial charge on any atom is 0.239 e. The molecule has 1 aromatic rings. The Hall–Kier alpha value is -1.56. The van der Waals surface area contributed by atoms with Crippen LogP contribution in [0.1, 0.15) is 25.8 Å². The molecule has 0 aliphatic carbocycles. The summed E-state index contributed by atoms with van der Waals surface area (Å²) in [5.74, 6) is -0.980. The second-order valence-corrected chi connectivity index (χ2v) is 7.32. The molecule has 5 nitrogen and oxygen atoms in total. The van der Waals surface area contributed by atoms with Crippen LogP contribution in [0.15, 0.2) is 18.2 Å². The first-order valence-electron chi connectivity index (χ1n) is 6.60. The first-order valence-corrected chi connectivity index (χ1v) is 8.42. The summed E-state index contributed by atoms with van der Waals surface area (Å²) in [7, 11) is -3.39. The van der Waals surface area contributed by atoms with Gasteiger partial charge in [-0.2, -0.15) is 0 Å². The van der Waals surface area contributed by atoms with Gasteiger partial charge >= 0.3 is 0 Å². The van der Waals surface area contributed by atoms with Crippen LogP contribution in [0, 0.1) is 12.8 Å². The van der Waals surface area contributed by atoms with E-state index in [0.717, 1.165) is 12.0 Å². The standard InChI is InChI=1S/C14H22N2O3S/c1-4-10(2)8-20(18,19)9-14(17)16-13-6-5-11(3)7-12(13)15/h5-7,10H,4,8-9,15H2,1-3H3,(H,16,17). The van der Waals surface area contributed by atoms with Gasteiger partial charge in [0, 0.05) is 0 Å². The lowest BCUT2D eigenvalue weighted by Crippen LogP contribution is -2.27. The molecular formula is C14H22N2O3S. The van der Waals surface area contributed by atoms with E-state index in [4.69, 9.17) is 5.73 Å². The predicted octanol–water partition coefficient (Wildman–Crippen LogP) is 1.98. The van der Waals surface area contributed by atoms with Crippen molar-refractivity contribution in [1.82, 2.24) is 0 Å². The topological polar surface area (TPSA) is 89.3 Å². The van der Waals surface area contributed by atoms with Gasteiger partial charge in [-0.05, 0) is 30.5 Å². The molecule has 0 saturated carbocycles. The summed E-state index contributed by atoms with van der Waals surface area (Å²) in [5, 5.41) is 2.54. The van der Waals surface area contributed by atoms with E-state index in [-0.39, 0.29) is 11.7 Å². The number of hydrogen-bond donors (Lipinski definition) is 2. The number of anilines is 2. The number of nitrogen functional groups attached to an aromatic ring is 1. The zero-order chi connectivity index (χ0) is 15.3. The van der Waals surface area contributed by atoms with Gasteiger partial charge < -0.3 is 11.1 Å².